The lowest BCUT2D eigenvalue weighted by atomic mass is 10.1. The minimum Gasteiger partial charge on any atom is -0.450 e. The number of nitrogens with zero attached hydrogens (tertiary/aromatic N) is 3. The van der Waals surface area contributed by atoms with Crippen molar-refractivity contribution in [3.8, 4) is 0 Å². The van der Waals surface area contributed by atoms with E-state index in [0.29, 0.717) is 32.1 Å². The van der Waals surface area contributed by atoms with Crippen LogP contribution in [0.1, 0.15) is 30.3 Å². The highest BCUT2D eigenvalue weighted by Gasteiger charge is 2.23. The number of anilines is 1. The highest BCUT2D eigenvalue weighted by atomic mass is 16.6. The van der Waals surface area contributed by atoms with E-state index in [1.807, 2.05) is 0 Å². The summed E-state index contributed by atoms with van der Waals surface area (Å²) in [6.45, 7) is 7.40. The lowest BCUT2D eigenvalue weighted by Gasteiger charge is -2.31. The Bertz CT molecular complexity index is 568. The standard InChI is InChI=1S/C16H23N5O3/c1-3-9-17-15(22)13-5-6-14(20-19-13)18-12-7-10-21(11-8-12)16(23)24-4-2/h3,5-6,12H,1,4,7-11H2,2H3,(H,17,22)(H,18,20). The average molecular weight is 333 g/mol. The van der Waals surface area contributed by atoms with Crippen LogP contribution in [0.5, 0.6) is 0 Å². The number of nitrogens with one attached hydrogen (secondary N) is 2. The Morgan fingerprint density at radius 2 is 2.12 bits per heavy atom. The van der Waals surface area contributed by atoms with Gasteiger partial charge in [0.1, 0.15) is 5.82 Å². The molecule has 8 heteroatoms. The van der Waals surface area contributed by atoms with Crippen molar-refractivity contribution in [2.24, 2.45) is 0 Å². The third kappa shape index (κ3) is 4.94. The van der Waals surface area contributed by atoms with Crippen LogP contribution in [0.25, 0.3) is 0 Å². The second-order valence-corrected chi connectivity index (χ2v) is 5.41. The highest BCUT2D eigenvalue weighted by molar-refractivity contribution is 5.92. The Morgan fingerprint density at radius 3 is 2.71 bits per heavy atom. The first-order valence-electron chi connectivity index (χ1n) is 8.05. The SMILES string of the molecule is C=CCNC(=O)c1ccc(NC2CCN(C(=O)OCC)CC2)nn1. The van der Waals surface area contributed by atoms with Crippen LogP contribution in [-0.2, 0) is 4.74 Å². The van der Waals surface area contributed by atoms with Crippen LogP contribution >= 0.6 is 0 Å². The summed E-state index contributed by atoms with van der Waals surface area (Å²) in [5, 5.41) is 13.9. The zero-order valence-corrected chi connectivity index (χ0v) is 13.8. The molecule has 2 N–H and O–H groups in total. The number of ether oxygens (including phenoxy) is 1. The van der Waals surface area contributed by atoms with Gasteiger partial charge in [-0.25, -0.2) is 4.79 Å². The van der Waals surface area contributed by atoms with Crippen LogP contribution in [0.4, 0.5) is 10.6 Å². The van der Waals surface area contributed by atoms with Crippen molar-refractivity contribution in [3.63, 3.8) is 0 Å². The fourth-order valence-corrected chi connectivity index (χ4v) is 2.42. The lowest BCUT2D eigenvalue weighted by molar-refractivity contribution is 0.0950. The smallest absolute Gasteiger partial charge is 0.409 e. The fourth-order valence-electron chi connectivity index (χ4n) is 2.42. The summed E-state index contributed by atoms with van der Waals surface area (Å²) >= 11 is 0. The Labute approximate surface area is 141 Å². The topological polar surface area (TPSA) is 96.5 Å². The van der Waals surface area contributed by atoms with Gasteiger partial charge < -0.3 is 20.3 Å². The van der Waals surface area contributed by atoms with E-state index in [1.54, 1.807) is 30.0 Å². The molecule has 130 valence electrons. The van der Waals surface area contributed by atoms with Gasteiger partial charge in [0.05, 0.1) is 6.61 Å². The Morgan fingerprint density at radius 1 is 1.38 bits per heavy atom. The molecule has 1 saturated heterocycles. The first kappa shape index (κ1) is 17.7. The Kier molecular flexibility index (Phi) is 6.53. The van der Waals surface area contributed by atoms with E-state index in [2.05, 4.69) is 27.4 Å². The van der Waals surface area contributed by atoms with E-state index in [0.717, 1.165) is 12.8 Å². The molecule has 0 saturated carbocycles. The maximum Gasteiger partial charge on any atom is 0.409 e. The van der Waals surface area contributed by atoms with Gasteiger partial charge in [-0.15, -0.1) is 16.8 Å². The minimum absolute atomic E-state index is 0.213. The van der Waals surface area contributed by atoms with Gasteiger partial charge >= 0.3 is 6.09 Å². The van der Waals surface area contributed by atoms with Gasteiger partial charge in [-0.05, 0) is 31.9 Å². The number of rotatable bonds is 6. The number of piperidine rings is 1. The Hall–Kier alpha value is -2.64. The van der Waals surface area contributed by atoms with Crippen molar-refractivity contribution in [3.05, 3.63) is 30.5 Å². The van der Waals surface area contributed by atoms with Crippen molar-refractivity contribution >= 4 is 17.8 Å². The molecule has 1 aromatic rings. The molecule has 0 aliphatic carbocycles. The van der Waals surface area contributed by atoms with Crippen molar-refractivity contribution < 1.29 is 14.3 Å². The summed E-state index contributed by atoms with van der Waals surface area (Å²) in [7, 11) is 0. The first-order chi connectivity index (χ1) is 11.6. The first-order valence-corrected chi connectivity index (χ1v) is 8.05. The zero-order valence-electron chi connectivity index (χ0n) is 13.8. The Balaban J connectivity index is 1.81. The van der Waals surface area contributed by atoms with Crippen LogP contribution in [0.3, 0.4) is 0 Å². The maximum absolute atomic E-state index is 11.7. The second kappa shape index (κ2) is 8.85. The number of amides is 2. The molecule has 0 aromatic carbocycles. The second-order valence-electron chi connectivity index (χ2n) is 5.41. The van der Waals surface area contributed by atoms with Crippen molar-refractivity contribution in [2.75, 3.05) is 31.6 Å². The molecule has 2 rings (SSSR count). The minimum atomic E-state index is -0.281. The van der Waals surface area contributed by atoms with Gasteiger partial charge in [-0.1, -0.05) is 6.08 Å². The predicted molar refractivity (Wildman–Crippen MR) is 89.8 cm³/mol. The largest absolute Gasteiger partial charge is 0.450 e. The maximum atomic E-state index is 11.7. The molecule has 1 fully saturated rings. The van der Waals surface area contributed by atoms with E-state index in [9.17, 15) is 9.59 Å². The number of carbonyl (C=O) groups is 2. The molecule has 2 amide bonds. The van der Waals surface area contributed by atoms with Crippen LogP contribution in [-0.4, -0.2) is 59.4 Å². The number of aromatic nitrogens is 2. The highest BCUT2D eigenvalue weighted by Crippen LogP contribution is 2.15. The fraction of sp³-hybridized carbons (Fsp3) is 0.500. The van der Waals surface area contributed by atoms with Crippen LogP contribution < -0.4 is 10.6 Å². The number of hydrogen-bond acceptors (Lipinski definition) is 6. The van der Waals surface area contributed by atoms with Gasteiger partial charge in [0, 0.05) is 25.7 Å². The zero-order chi connectivity index (χ0) is 17.4. The molecule has 24 heavy (non-hydrogen) atoms. The summed E-state index contributed by atoms with van der Waals surface area (Å²) in [6.07, 6.45) is 2.96. The molecule has 0 spiro atoms. The quantitative estimate of drug-likeness (QED) is 0.765. The third-order valence-corrected chi connectivity index (χ3v) is 3.68. The van der Waals surface area contributed by atoms with Crippen LogP contribution in [0.2, 0.25) is 0 Å². The van der Waals surface area contributed by atoms with Gasteiger partial charge in [-0.3, -0.25) is 4.79 Å². The normalized spacial score (nSPS) is 14.8. The summed E-state index contributed by atoms with van der Waals surface area (Å²) in [4.78, 5) is 25.1. The number of likely N-dealkylation sites (tertiary alicyclic amines) is 1. The molecule has 2 heterocycles. The summed E-state index contributed by atoms with van der Waals surface area (Å²) in [5.41, 5.74) is 0.263. The molecular formula is C16H23N5O3. The van der Waals surface area contributed by atoms with E-state index in [-0.39, 0.29) is 23.7 Å². The summed E-state index contributed by atoms with van der Waals surface area (Å²) in [5.74, 6) is 0.335. The summed E-state index contributed by atoms with van der Waals surface area (Å²) < 4.78 is 5.00. The van der Waals surface area contributed by atoms with Gasteiger partial charge in [-0.2, -0.15) is 0 Å². The van der Waals surface area contributed by atoms with E-state index < -0.39 is 0 Å². The average Bonchev–Trinajstić information content (AvgIpc) is 2.61. The molecule has 1 aromatic heterocycles. The van der Waals surface area contributed by atoms with Gasteiger partial charge in [0.2, 0.25) is 0 Å². The molecule has 8 nitrogen and oxygen atoms in total. The molecular weight excluding hydrogens is 310 g/mol. The van der Waals surface area contributed by atoms with Crippen LogP contribution in [0, 0.1) is 0 Å². The van der Waals surface area contributed by atoms with Gasteiger partial charge in [0.25, 0.3) is 5.91 Å². The van der Waals surface area contributed by atoms with Crippen molar-refractivity contribution in [1.29, 1.82) is 0 Å². The van der Waals surface area contributed by atoms with E-state index in [1.165, 1.54) is 0 Å². The van der Waals surface area contributed by atoms with E-state index >= 15 is 0 Å². The molecule has 1 aliphatic heterocycles. The molecule has 0 bridgehead atoms. The van der Waals surface area contributed by atoms with E-state index in [4.69, 9.17) is 4.74 Å². The molecule has 0 unspecified atom stereocenters. The number of carbonyl (C=O) groups excluding carboxylic acids is 2. The lowest BCUT2D eigenvalue weighted by Crippen LogP contribution is -2.42. The molecule has 0 atom stereocenters. The number of hydrogen-bond donors (Lipinski definition) is 2. The third-order valence-electron chi connectivity index (χ3n) is 3.68. The predicted octanol–water partition coefficient (Wildman–Crippen LogP) is 1.43. The summed E-state index contributed by atoms with van der Waals surface area (Å²) in [6, 6.07) is 3.57. The van der Waals surface area contributed by atoms with Crippen molar-refractivity contribution in [1.82, 2.24) is 20.4 Å². The van der Waals surface area contributed by atoms with Crippen molar-refractivity contribution in [2.45, 2.75) is 25.8 Å². The van der Waals surface area contributed by atoms with Gasteiger partial charge in [0.15, 0.2) is 5.69 Å². The molecule has 1 aliphatic rings. The molecule has 0 radical (unpaired) electrons. The monoisotopic (exact) mass is 333 g/mol. The van der Waals surface area contributed by atoms with Crippen LogP contribution in [0.15, 0.2) is 24.8 Å².